The molecule has 0 bridgehead atoms. The van der Waals surface area contributed by atoms with Crippen molar-refractivity contribution in [3.63, 3.8) is 0 Å². The van der Waals surface area contributed by atoms with Gasteiger partial charge < -0.3 is 11.1 Å². The third kappa shape index (κ3) is 5.80. The molecule has 1 atom stereocenters. The van der Waals surface area contributed by atoms with Crippen molar-refractivity contribution in [3.8, 4) is 0 Å². The average Bonchev–Trinajstić information content (AvgIpc) is 2.21. The number of nitrogens with two attached hydrogens (primary N) is 1. The maximum atomic E-state index is 5.41. The highest BCUT2D eigenvalue weighted by Gasteiger charge is 2.03. The fourth-order valence-corrected chi connectivity index (χ4v) is 1.24. The van der Waals surface area contributed by atoms with Crippen LogP contribution in [0.5, 0.6) is 0 Å². The van der Waals surface area contributed by atoms with E-state index >= 15 is 0 Å². The minimum atomic E-state index is 0. The molecule has 1 rings (SSSR count). The summed E-state index contributed by atoms with van der Waals surface area (Å²) in [5.74, 6) is 0. The van der Waals surface area contributed by atoms with E-state index in [9.17, 15) is 0 Å². The van der Waals surface area contributed by atoms with Gasteiger partial charge in [-0.15, -0.1) is 31.4 Å². The molecule has 15 heavy (non-hydrogen) atoms. The fourth-order valence-electron chi connectivity index (χ4n) is 1.24. The molecule has 0 spiro atoms. The SMILES string of the molecule is C=CC(NCCN)c1ccccc1.Cl.Cl. The van der Waals surface area contributed by atoms with Gasteiger partial charge in [0.2, 0.25) is 0 Å². The summed E-state index contributed by atoms with van der Waals surface area (Å²) in [6, 6.07) is 10.4. The summed E-state index contributed by atoms with van der Waals surface area (Å²) >= 11 is 0. The molecule has 1 aromatic carbocycles. The largest absolute Gasteiger partial charge is 0.329 e. The van der Waals surface area contributed by atoms with Crippen LogP contribution in [0, 0.1) is 0 Å². The molecule has 1 unspecified atom stereocenters. The molecule has 0 heterocycles. The summed E-state index contributed by atoms with van der Waals surface area (Å²) in [4.78, 5) is 0. The molecular weight excluding hydrogens is 231 g/mol. The van der Waals surface area contributed by atoms with Gasteiger partial charge in [0, 0.05) is 13.1 Å². The first-order chi connectivity index (χ1) is 6.38. The van der Waals surface area contributed by atoms with Gasteiger partial charge in [-0.3, -0.25) is 0 Å². The van der Waals surface area contributed by atoms with Crippen LogP contribution in [0.4, 0.5) is 0 Å². The predicted octanol–water partition coefficient (Wildman–Crippen LogP) is 2.31. The summed E-state index contributed by atoms with van der Waals surface area (Å²) in [5.41, 5.74) is 6.64. The lowest BCUT2D eigenvalue weighted by Gasteiger charge is -2.13. The van der Waals surface area contributed by atoms with Gasteiger partial charge in [-0.2, -0.15) is 0 Å². The van der Waals surface area contributed by atoms with Gasteiger partial charge in [-0.1, -0.05) is 36.4 Å². The van der Waals surface area contributed by atoms with Gasteiger partial charge in [0.25, 0.3) is 0 Å². The van der Waals surface area contributed by atoms with Crippen molar-refractivity contribution < 1.29 is 0 Å². The van der Waals surface area contributed by atoms with Crippen LogP contribution in [0.15, 0.2) is 43.0 Å². The second-order valence-electron chi connectivity index (χ2n) is 2.87. The topological polar surface area (TPSA) is 38.0 Å². The first-order valence-corrected chi connectivity index (χ1v) is 4.49. The number of benzene rings is 1. The highest BCUT2D eigenvalue weighted by atomic mass is 35.5. The summed E-state index contributed by atoms with van der Waals surface area (Å²) < 4.78 is 0. The van der Waals surface area contributed by atoms with Crippen LogP contribution in [0.1, 0.15) is 11.6 Å². The van der Waals surface area contributed by atoms with Crippen LogP contribution in [0.25, 0.3) is 0 Å². The lowest BCUT2D eigenvalue weighted by atomic mass is 10.1. The van der Waals surface area contributed by atoms with Crippen LogP contribution in [-0.2, 0) is 0 Å². The molecule has 86 valence electrons. The van der Waals surface area contributed by atoms with Gasteiger partial charge in [0.15, 0.2) is 0 Å². The van der Waals surface area contributed by atoms with Crippen molar-refractivity contribution in [1.82, 2.24) is 5.32 Å². The Kier molecular flexibility index (Phi) is 11.2. The molecule has 0 aliphatic heterocycles. The van der Waals surface area contributed by atoms with Crippen LogP contribution in [-0.4, -0.2) is 13.1 Å². The zero-order chi connectivity index (χ0) is 9.52. The Hall–Kier alpha value is -0.540. The van der Waals surface area contributed by atoms with Gasteiger partial charge >= 0.3 is 0 Å². The van der Waals surface area contributed by atoms with Gasteiger partial charge in [-0.25, -0.2) is 0 Å². The van der Waals surface area contributed by atoms with E-state index in [2.05, 4.69) is 24.0 Å². The molecular formula is C11H18Cl2N2. The zero-order valence-electron chi connectivity index (χ0n) is 8.56. The number of halogens is 2. The highest BCUT2D eigenvalue weighted by molar-refractivity contribution is 5.85. The minimum absolute atomic E-state index is 0. The quantitative estimate of drug-likeness (QED) is 0.786. The molecule has 0 saturated heterocycles. The van der Waals surface area contributed by atoms with E-state index in [1.807, 2.05) is 24.3 Å². The van der Waals surface area contributed by atoms with E-state index in [0.717, 1.165) is 6.54 Å². The molecule has 0 saturated carbocycles. The normalized spacial score (nSPS) is 10.7. The molecule has 0 aliphatic rings. The van der Waals surface area contributed by atoms with Gasteiger partial charge in [-0.05, 0) is 5.56 Å². The van der Waals surface area contributed by atoms with Crippen molar-refractivity contribution in [2.75, 3.05) is 13.1 Å². The predicted molar refractivity (Wildman–Crippen MR) is 70.9 cm³/mol. The molecule has 2 nitrogen and oxygen atoms in total. The molecule has 3 N–H and O–H groups in total. The van der Waals surface area contributed by atoms with Gasteiger partial charge in [0.1, 0.15) is 0 Å². The van der Waals surface area contributed by atoms with E-state index in [0.29, 0.717) is 6.54 Å². The average molecular weight is 249 g/mol. The third-order valence-electron chi connectivity index (χ3n) is 1.90. The minimum Gasteiger partial charge on any atom is -0.329 e. The van der Waals surface area contributed by atoms with Crippen molar-refractivity contribution in [3.05, 3.63) is 48.6 Å². The van der Waals surface area contributed by atoms with E-state index in [1.54, 1.807) is 0 Å². The summed E-state index contributed by atoms with van der Waals surface area (Å²) in [6.07, 6.45) is 1.89. The summed E-state index contributed by atoms with van der Waals surface area (Å²) in [6.45, 7) is 5.25. The zero-order valence-corrected chi connectivity index (χ0v) is 10.2. The fraction of sp³-hybridized carbons (Fsp3) is 0.273. The first kappa shape index (κ1) is 16.9. The Morgan fingerprint density at radius 2 is 1.87 bits per heavy atom. The lowest BCUT2D eigenvalue weighted by Crippen LogP contribution is -2.25. The summed E-state index contributed by atoms with van der Waals surface area (Å²) in [5, 5.41) is 3.29. The smallest absolute Gasteiger partial charge is 0.0504 e. The third-order valence-corrected chi connectivity index (χ3v) is 1.90. The summed E-state index contributed by atoms with van der Waals surface area (Å²) in [7, 11) is 0. The van der Waals surface area contributed by atoms with E-state index in [1.165, 1.54) is 5.56 Å². The second-order valence-corrected chi connectivity index (χ2v) is 2.87. The van der Waals surface area contributed by atoms with Crippen LogP contribution < -0.4 is 11.1 Å². The van der Waals surface area contributed by atoms with E-state index in [4.69, 9.17) is 5.73 Å². The number of hydrogen-bond donors (Lipinski definition) is 2. The van der Waals surface area contributed by atoms with Crippen LogP contribution in [0.2, 0.25) is 0 Å². The molecule has 0 aromatic heterocycles. The Bertz CT molecular complexity index is 252. The van der Waals surface area contributed by atoms with E-state index in [-0.39, 0.29) is 30.9 Å². The molecule has 0 fully saturated rings. The number of nitrogens with one attached hydrogen (secondary N) is 1. The van der Waals surface area contributed by atoms with Crippen molar-refractivity contribution in [2.45, 2.75) is 6.04 Å². The molecule has 0 aliphatic carbocycles. The maximum Gasteiger partial charge on any atom is 0.0504 e. The van der Waals surface area contributed by atoms with Crippen LogP contribution in [0.3, 0.4) is 0 Å². The Morgan fingerprint density at radius 3 is 2.33 bits per heavy atom. The second kappa shape index (κ2) is 9.99. The van der Waals surface area contributed by atoms with E-state index < -0.39 is 0 Å². The number of hydrogen-bond acceptors (Lipinski definition) is 2. The highest BCUT2D eigenvalue weighted by Crippen LogP contribution is 2.12. The van der Waals surface area contributed by atoms with Crippen molar-refractivity contribution in [1.29, 1.82) is 0 Å². The molecule has 0 amide bonds. The molecule has 4 heteroatoms. The van der Waals surface area contributed by atoms with Crippen LogP contribution >= 0.6 is 24.8 Å². The number of rotatable bonds is 5. The Labute approximate surface area is 104 Å². The standard InChI is InChI=1S/C11H16N2.2ClH/c1-2-11(13-9-8-12)10-6-4-3-5-7-10;;/h2-7,11,13H,1,8-9,12H2;2*1H. The Morgan fingerprint density at radius 1 is 1.27 bits per heavy atom. The lowest BCUT2D eigenvalue weighted by molar-refractivity contribution is 0.628. The monoisotopic (exact) mass is 248 g/mol. The Balaban J connectivity index is 0. The maximum absolute atomic E-state index is 5.41. The first-order valence-electron chi connectivity index (χ1n) is 4.49. The van der Waals surface area contributed by atoms with Crippen molar-refractivity contribution in [2.24, 2.45) is 5.73 Å². The van der Waals surface area contributed by atoms with Crippen molar-refractivity contribution >= 4 is 24.8 Å². The molecule has 1 aromatic rings. The van der Waals surface area contributed by atoms with Gasteiger partial charge in [0.05, 0.1) is 6.04 Å². The molecule has 0 radical (unpaired) electrons.